The molecule has 6 nitrogen and oxygen atoms in total. The number of sulfonamides is 1. The van der Waals surface area contributed by atoms with Crippen LogP contribution in [0.5, 0.6) is 5.75 Å². The number of nitrogens with one attached hydrogen (secondary N) is 1. The molecule has 0 bridgehead atoms. The van der Waals surface area contributed by atoms with Crippen molar-refractivity contribution in [2.24, 2.45) is 5.92 Å². The van der Waals surface area contributed by atoms with Crippen molar-refractivity contribution in [3.05, 3.63) is 95.6 Å². The van der Waals surface area contributed by atoms with Crippen LogP contribution in [0.4, 0.5) is 13.2 Å². The largest absolute Gasteiger partial charge is 0.497 e. The van der Waals surface area contributed by atoms with Crippen molar-refractivity contribution in [1.29, 1.82) is 0 Å². The number of hydrogen-bond acceptors (Lipinski definition) is 4. The summed E-state index contributed by atoms with van der Waals surface area (Å²) in [6.45, 7) is -0.0638. The van der Waals surface area contributed by atoms with Gasteiger partial charge in [-0.1, -0.05) is 48.5 Å². The third kappa shape index (κ3) is 5.55. The molecule has 4 rings (SSSR count). The van der Waals surface area contributed by atoms with Crippen LogP contribution in [0.15, 0.2) is 83.8 Å². The number of nitrogens with zero attached hydrogens (tertiary/aromatic N) is 1. The molecule has 1 aliphatic heterocycles. The number of alkyl halides is 3. The van der Waals surface area contributed by atoms with E-state index in [1.54, 1.807) is 0 Å². The van der Waals surface area contributed by atoms with E-state index >= 15 is 0 Å². The van der Waals surface area contributed by atoms with Crippen LogP contribution in [0.2, 0.25) is 0 Å². The first-order valence-electron chi connectivity index (χ1n) is 11.2. The average molecular weight is 519 g/mol. The van der Waals surface area contributed by atoms with Gasteiger partial charge in [0.15, 0.2) is 0 Å². The maximum atomic E-state index is 13.4. The number of amides is 1. The molecule has 36 heavy (non-hydrogen) atoms. The highest BCUT2D eigenvalue weighted by Gasteiger charge is 2.44. The second kappa shape index (κ2) is 10.3. The number of hydrogen-bond donors (Lipinski definition) is 1. The minimum absolute atomic E-state index is 0.0106. The predicted octanol–water partition coefficient (Wildman–Crippen LogP) is 4.43. The van der Waals surface area contributed by atoms with Crippen LogP contribution in [0.1, 0.15) is 22.6 Å². The molecule has 1 saturated heterocycles. The Kier molecular flexibility index (Phi) is 7.37. The van der Waals surface area contributed by atoms with E-state index in [0.717, 1.165) is 22.0 Å². The van der Waals surface area contributed by atoms with Gasteiger partial charge in [-0.15, -0.1) is 0 Å². The Morgan fingerprint density at radius 2 is 1.69 bits per heavy atom. The van der Waals surface area contributed by atoms with Crippen LogP contribution in [0.3, 0.4) is 0 Å². The summed E-state index contributed by atoms with van der Waals surface area (Å²) in [5.41, 5.74) is 0.263. The third-order valence-electron chi connectivity index (χ3n) is 6.27. The SMILES string of the molecule is COc1ccc(S(=O)(=O)N2C[C@@H](C(=O)NCc3ccccc3)[C@H](c3cccc(C(F)(F)F)c3)C2)cc1. The lowest BCUT2D eigenvalue weighted by Gasteiger charge is -2.19. The zero-order valence-corrected chi connectivity index (χ0v) is 20.2. The average Bonchev–Trinajstić information content (AvgIpc) is 3.34. The lowest BCUT2D eigenvalue weighted by molar-refractivity contribution is -0.137. The highest BCUT2D eigenvalue weighted by Crippen LogP contribution is 2.38. The van der Waals surface area contributed by atoms with Gasteiger partial charge >= 0.3 is 6.18 Å². The van der Waals surface area contributed by atoms with Gasteiger partial charge in [0.1, 0.15) is 5.75 Å². The van der Waals surface area contributed by atoms with Crippen molar-refractivity contribution in [3.8, 4) is 5.75 Å². The molecule has 3 aromatic rings. The van der Waals surface area contributed by atoms with Gasteiger partial charge in [-0.2, -0.15) is 17.5 Å². The summed E-state index contributed by atoms with van der Waals surface area (Å²) in [7, 11) is -2.54. The van der Waals surface area contributed by atoms with Gasteiger partial charge in [0.2, 0.25) is 15.9 Å². The number of methoxy groups -OCH3 is 1. The van der Waals surface area contributed by atoms with E-state index in [0.29, 0.717) is 5.75 Å². The van der Waals surface area contributed by atoms with Crippen molar-refractivity contribution in [2.75, 3.05) is 20.2 Å². The summed E-state index contributed by atoms with van der Waals surface area (Å²) in [4.78, 5) is 13.2. The molecular weight excluding hydrogens is 493 g/mol. The monoisotopic (exact) mass is 518 g/mol. The number of rotatable bonds is 7. The minimum Gasteiger partial charge on any atom is -0.497 e. The quantitative estimate of drug-likeness (QED) is 0.502. The Balaban J connectivity index is 1.64. The Bertz CT molecular complexity index is 1310. The van der Waals surface area contributed by atoms with E-state index in [2.05, 4.69) is 5.32 Å². The molecule has 1 aliphatic rings. The van der Waals surface area contributed by atoms with Gasteiger partial charge in [-0.25, -0.2) is 8.42 Å². The molecule has 0 saturated carbocycles. The van der Waals surface area contributed by atoms with Gasteiger partial charge in [0, 0.05) is 25.6 Å². The lowest BCUT2D eigenvalue weighted by Crippen LogP contribution is -2.35. The number of ether oxygens (including phenoxy) is 1. The molecule has 1 N–H and O–H groups in total. The smallest absolute Gasteiger partial charge is 0.416 e. The molecule has 1 heterocycles. The minimum atomic E-state index is -4.56. The molecule has 0 spiro atoms. The Labute approximate surface area is 207 Å². The first-order chi connectivity index (χ1) is 17.1. The summed E-state index contributed by atoms with van der Waals surface area (Å²) in [6.07, 6.45) is -4.56. The normalized spacial score (nSPS) is 18.7. The maximum Gasteiger partial charge on any atom is 0.416 e. The van der Waals surface area contributed by atoms with E-state index in [4.69, 9.17) is 4.74 Å². The van der Waals surface area contributed by atoms with Crippen LogP contribution in [0, 0.1) is 5.92 Å². The van der Waals surface area contributed by atoms with E-state index in [-0.39, 0.29) is 30.1 Å². The molecule has 0 aliphatic carbocycles. The van der Waals surface area contributed by atoms with Crippen molar-refractivity contribution in [2.45, 2.75) is 23.5 Å². The topological polar surface area (TPSA) is 75.7 Å². The Morgan fingerprint density at radius 3 is 2.33 bits per heavy atom. The van der Waals surface area contributed by atoms with Crippen LogP contribution in [0.25, 0.3) is 0 Å². The maximum absolute atomic E-state index is 13.4. The fourth-order valence-electron chi connectivity index (χ4n) is 4.33. The first kappa shape index (κ1) is 25.7. The van der Waals surface area contributed by atoms with Crippen LogP contribution in [-0.2, 0) is 27.5 Å². The molecular formula is C26H25F3N2O4S. The molecule has 1 amide bonds. The Hall–Kier alpha value is -3.37. The number of benzene rings is 3. The van der Waals surface area contributed by atoms with E-state index in [1.807, 2.05) is 30.3 Å². The number of carbonyl (C=O) groups excluding carboxylic acids is 1. The zero-order chi connectivity index (χ0) is 25.9. The van der Waals surface area contributed by atoms with Crippen LogP contribution in [-0.4, -0.2) is 38.8 Å². The summed E-state index contributed by atoms with van der Waals surface area (Å²) < 4.78 is 73.1. The van der Waals surface area contributed by atoms with Gasteiger partial charge in [-0.3, -0.25) is 4.79 Å². The molecule has 3 aromatic carbocycles. The third-order valence-corrected chi connectivity index (χ3v) is 8.12. The van der Waals surface area contributed by atoms with E-state index < -0.39 is 39.5 Å². The van der Waals surface area contributed by atoms with Crippen molar-refractivity contribution < 1.29 is 31.1 Å². The van der Waals surface area contributed by atoms with Gasteiger partial charge in [0.05, 0.1) is 23.5 Å². The molecule has 0 unspecified atom stereocenters. The van der Waals surface area contributed by atoms with Gasteiger partial charge < -0.3 is 10.1 Å². The second-order valence-electron chi connectivity index (χ2n) is 8.54. The molecule has 2 atom stereocenters. The summed E-state index contributed by atoms with van der Waals surface area (Å²) in [6, 6.07) is 19.7. The fourth-order valence-corrected chi connectivity index (χ4v) is 5.82. The number of carbonyl (C=O) groups is 1. The fraction of sp³-hybridized carbons (Fsp3) is 0.269. The standard InChI is InChI=1S/C26H25F3N2O4S/c1-35-21-10-12-22(13-11-21)36(33,34)31-16-23(19-8-5-9-20(14-19)26(27,28)29)24(17-31)25(32)30-15-18-6-3-2-4-7-18/h2-14,23-24H,15-17H2,1H3,(H,30,32)/t23-,24+/m0/s1. The number of halogens is 3. The molecule has 0 radical (unpaired) electrons. The second-order valence-corrected chi connectivity index (χ2v) is 10.5. The summed E-state index contributed by atoms with van der Waals surface area (Å²) in [5.74, 6) is -1.56. The van der Waals surface area contributed by atoms with Crippen LogP contribution >= 0.6 is 0 Å². The van der Waals surface area contributed by atoms with Gasteiger partial charge in [0.25, 0.3) is 0 Å². The first-order valence-corrected chi connectivity index (χ1v) is 12.7. The zero-order valence-electron chi connectivity index (χ0n) is 19.4. The predicted molar refractivity (Wildman–Crippen MR) is 128 cm³/mol. The van der Waals surface area contributed by atoms with Crippen LogP contribution < -0.4 is 10.1 Å². The van der Waals surface area contributed by atoms with Crippen molar-refractivity contribution in [1.82, 2.24) is 9.62 Å². The summed E-state index contributed by atoms with van der Waals surface area (Å²) >= 11 is 0. The summed E-state index contributed by atoms with van der Waals surface area (Å²) in [5, 5.41) is 2.81. The molecule has 190 valence electrons. The molecule has 0 aromatic heterocycles. The molecule has 1 fully saturated rings. The van der Waals surface area contributed by atoms with E-state index in [1.165, 1.54) is 43.5 Å². The molecule has 10 heteroatoms. The van der Waals surface area contributed by atoms with Crippen molar-refractivity contribution in [3.63, 3.8) is 0 Å². The van der Waals surface area contributed by atoms with Crippen molar-refractivity contribution >= 4 is 15.9 Å². The van der Waals surface area contributed by atoms with Gasteiger partial charge in [-0.05, 0) is 41.5 Å². The highest BCUT2D eigenvalue weighted by molar-refractivity contribution is 7.89. The highest BCUT2D eigenvalue weighted by atomic mass is 32.2. The van der Waals surface area contributed by atoms with E-state index in [9.17, 15) is 26.4 Å². The Morgan fingerprint density at radius 1 is 1.00 bits per heavy atom. The lowest BCUT2D eigenvalue weighted by atomic mass is 9.87.